The minimum absolute atomic E-state index is 0.0825. The Bertz CT molecular complexity index is 594. The van der Waals surface area contributed by atoms with E-state index in [1.165, 1.54) is 6.92 Å². The third-order valence-corrected chi connectivity index (χ3v) is 3.47. The zero-order valence-corrected chi connectivity index (χ0v) is 11.6. The lowest BCUT2D eigenvalue weighted by molar-refractivity contribution is 0.594. The number of hydrogen-bond donors (Lipinski definition) is 1. The van der Waals surface area contributed by atoms with Crippen molar-refractivity contribution in [2.75, 3.05) is 5.32 Å². The first-order valence-electron chi connectivity index (χ1n) is 5.61. The van der Waals surface area contributed by atoms with Gasteiger partial charge in [-0.1, -0.05) is 29.3 Å². The molecule has 5 heteroatoms. The van der Waals surface area contributed by atoms with Crippen LogP contribution < -0.4 is 5.32 Å². The fraction of sp³-hybridized carbons (Fsp3) is 0.143. The summed E-state index contributed by atoms with van der Waals surface area (Å²) >= 11 is 12.0. The topological polar surface area (TPSA) is 12.0 Å². The van der Waals surface area contributed by atoms with Crippen molar-refractivity contribution in [2.24, 2.45) is 0 Å². The smallest absolute Gasteiger partial charge is 0.146 e. The average Bonchev–Trinajstić information content (AvgIpc) is 2.34. The molecule has 0 aromatic heterocycles. The standard InChI is InChI=1S/C14H11Cl2F2N/c1-8-5-13(18)14(6-12(8)17)19-7-9-10(15)3-2-4-11(9)16/h2-6,19H,7H2,1H3. The number of benzene rings is 2. The van der Waals surface area contributed by atoms with Gasteiger partial charge < -0.3 is 5.32 Å². The van der Waals surface area contributed by atoms with Crippen LogP contribution >= 0.6 is 23.2 Å². The number of rotatable bonds is 3. The zero-order valence-electron chi connectivity index (χ0n) is 10.1. The quantitative estimate of drug-likeness (QED) is 0.822. The van der Waals surface area contributed by atoms with Crippen LogP contribution in [0.1, 0.15) is 11.1 Å². The summed E-state index contributed by atoms with van der Waals surface area (Å²) in [5.41, 5.74) is 0.990. The van der Waals surface area contributed by atoms with Crippen molar-refractivity contribution in [2.45, 2.75) is 13.5 Å². The van der Waals surface area contributed by atoms with Gasteiger partial charge in [-0.15, -0.1) is 0 Å². The summed E-state index contributed by atoms with van der Waals surface area (Å²) in [6, 6.07) is 7.37. The predicted octanol–water partition coefficient (Wildman–Crippen LogP) is 5.19. The summed E-state index contributed by atoms with van der Waals surface area (Å²) < 4.78 is 27.0. The lowest BCUT2D eigenvalue weighted by Gasteiger charge is -2.11. The molecule has 0 spiro atoms. The largest absolute Gasteiger partial charge is 0.378 e. The summed E-state index contributed by atoms with van der Waals surface area (Å²) in [5.74, 6) is -0.976. The lowest BCUT2D eigenvalue weighted by atomic mass is 10.2. The lowest BCUT2D eigenvalue weighted by Crippen LogP contribution is -2.04. The zero-order chi connectivity index (χ0) is 14.0. The van der Waals surface area contributed by atoms with Crippen molar-refractivity contribution < 1.29 is 8.78 Å². The molecule has 2 aromatic carbocycles. The van der Waals surface area contributed by atoms with Crippen LogP contribution in [0.5, 0.6) is 0 Å². The highest BCUT2D eigenvalue weighted by molar-refractivity contribution is 6.36. The van der Waals surface area contributed by atoms with Gasteiger partial charge >= 0.3 is 0 Å². The average molecular weight is 302 g/mol. The van der Waals surface area contributed by atoms with Crippen molar-refractivity contribution in [3.63, 3.8) is 0 Å². The van der Waals surface area contributed by atoms with Gasteiger partial charge in [-0.2, -0.15) is 0 Å². The van der Waals surface area contributed by atoms with E-state index in [-0.39, 0.29) is 17.8 Å². The molecule has 0 saturated carbocycles. The Balaban J connectivity index is 2.22. The van der Waals surface area contributed by atoms with Crippen LogP contribution in [0.4, 0.5) is 14.5 Å². The Hall–Kier alpha value is -1.32. The number of hydrogen-bond acceptors (Lipinski definition) is 1. The third-order valence-electron chi connectivity index (χ3n) is 2.77. The Morgan fingerprint density at radius 1 is 1.05 bits per heavy atom. The molecular formula is C14H11Cl2F2N. The molecule has 0 aliphatic heterocycles. The number of aryl methyl sites for hydroxylation is 1. The van der Waals surface area contributed by atoms with Crippen molar-refractivity contribution in [1.29, 1.82) is 0 Å². The molecule has 2 aromatic rings. The van der Waals surface area contributed by atoms with E-state index in [0.717, 1.165) is 12.1 Å². The fourth-order valence-electron chi connectivity index (χ4n) is 1.67. The molecule has 0 bridgehead atoms. The Morgan fingerprint density at radius 2 is 1.68 bits per heavy atom. The van der Waals surface area contributed by atoms with E-state index in [1.54, 1.807) is 18.2 Å². The summed E-state index contributed by atoms with van der Waals surface area (Å²) in [4.78, 5) is 0. The predicted molar refractivity (Wildman–Crippen MR) is 74.9 cm³/mol. The molecule has 0 saturated heterocycles. The monoisotopic (exact) mass is 301 g/mol. The highest BCUT2D eigenvalue weighted by Gasteiger charge is 2.09. The number of halogens is 4. The highest BCUT2D eigenvalue weighted by atomic mass is 35.5. The van der Waals surface area contributed by atoms with Crippen LogP contribution in [0.2, 0.25) is 10.0 Å². The summed E-state index contributed by atoms with van der Waals surface area (Å²) in [5, 5.41) is 3.75. The van der Waals surface area contributed by atoms with E-state index in [2.05, 4.69) is 5.32 Å². The van der Waals surface area contributed by atoms with Gasteiger partial charge in [-0.25, -0.2) is 8.78 Å². The van der Waals surface area contributed by atoms with Gasteiger partial charge in [-0.3, -0.25) is 0 Å². The van der Waals surface area contributed by atoms with Crippen molar-refractivity contribution in [1.82, 2.24) is 0 Å². The first-order chi connectivity index (χ1) is 8.99. The van der Waals surface area contributed by atoms with Crippen molar-refractivity contribution in [3.8, 4) is 0 Å². The summed E-state index contributed by atoms with van der Waals surface area (Å²) in [6.07, 6.45) is 0. The van der Waals surface area contributed by atoms with Gasteiger partial charge in [0.25, 0.3) is 0 Å². The van der Waals surface area contributed by atoms with Crippen LogP contribution in [-0.2, 0) is 6.54 Å². The van der Waals surface area contributed by atoms with E-state index in [4.69, 9.17) is 23.2 Å². The van der Waals surface area contributed by atoms with Crippen LogP contribution in [0.3, 0.4) is 0 Å². The second-order valence-electron chi connectivity index (χ2n) is 4.14. The van der Waals surface area contributed by atoms with E-state index in [9.17, 15) is 8.78 Å². The van der Waals surface area contributed by atoms with Crippen LogP contribution in [0.25, 0.3) is 0 Å². The summed E-state index contributed by atoms with van der Waals surface area (Å²) in [6.45, 7) is 1.73. The van der Waals surface area contributed by atoms with Crippen LogP contribution in [-0.4, -0.2) is 0 Å². The maximum atomic E-state index is 13.6. The van der Waals surface area contributed by atoms with Crippen LogP contribution in [0, 0.1) is 18.6 Å². The van der Waals surface area contributed by atoms with E-state index >= 15 is 0 Å². The minimum atomic E-state index is -0.512. The van der Waals surface area contributed by atoms with E-state index < -0.39 is 11.6 Å². The molecule has 1 nitrogen and oxygen atoms in total. The maximum Gasteiger partial charge on any atom is 0.146 e. The molecular weight excluding hydrogens is 291 g/mol. The Morgan fingerprint density at radius 3 is 2.32 bits per heavy atom. The van der Waals surface area contributed by atoms with Crippen LogP contribution in [0.15, 0.2) is 30.3 Å². The van der Waals surface area contributed by atoms with Gasteiger partial charge in [-0.05, 0) is 30.7 Å². The highest BCUT2D eigenvalue weighted by Crippen LogP contribution is 2.26. The molecule has 0 unspecified atom stereocenters. The molecule has 0 radical (unpaired) electrons. The van der Waals surface area contributed by atoms with Gasteiger partial charge in [0.1, 0.15) is 11.6 Å². The first-order valence-corrected chi connectivity index (χ1v) is 6.37. The Labute approximate surface area is 120 Å². The molecule has 0 heterocycles. The normalized spacial score (nSPS) is 10.6. The Kier molecular flexibility index (Phi) is 4.27. The molecule has 0 amide bonds. The fourth-order valence-corrected chi connectivity index (χ4v) is 2.20. The van der Waals surface area contributed by atoms with Gasteiger partial charge in [0.15, 0.2) is 0 Å². The molecule has 1 N–H and O–H groups in total. The SMILES string of the molecule is Cc1cc(F)c(NCc2c(Cl)cccc2Cl)cc1F. The number of nitrogens with one attached hydrogen (secondary N) is 1. The third kappa shape index (κ3) is 3.17. The molecule has 2 rings (SSSR count). The minimum Gasteiger partial charge on any atom is -0.378 e. The molecule has 0 aliphatic rings. The van der Waals surface area contributed by atoms with E-state index in [0.29, 0.717) is 15.6 Å². The second-order valence-corrected chi connectivity index (χ2v) is 4.95. The van der Waals surface area contributed by atoms with Gasteiger partial charge in [0, 0.05) is 28.2 Å². The molecule has 100 valence electrons. The van der Waals surface area contributed by atoms with Crippen molar-refractivity contribution >= 4 is 28.9 Å². The molecule has 0 fully saturated rings. The van der Waals surface area contributed by atoms with Gasteiger partial charge in [0.2, 0.25) is 0 Å². The molecule has 19 heavy (non-hydrogen) atoms. The van der Waals surface area contributed by atoms with Gasteiger partial charge in [0.05, 0.1) is 5.69 Å². The first kappa shape index (κ1) is 14.1. The van der Waals surface area contributed by atoms with Crippen molar-refractivity contribution in [3.05, 3.63) is 63.1 Å². The maximum absolute atomic E-state index is 13.6. The molecule has 0 atom stereocenters. The number of anilines is 1. The summed E-state index contributed by atoms with van der Waals surface area (Å²) in [7, 11) is 0. The molecule has 0 aliphatic carbocycles. The van der Waals surface area contributed by atoms with E-state index in [1.807, 2.05) is 0 Å². The second kappa shape index (κ2) is 5.76.